The molecular weight excluding hydrogens is 322 g/mol. The molecule has 3 heteroatoms. The van der Waals surface area contributed by atoms with Gasteiger partial charge in [0.05, 0.1) is 7.11 Å². The van der Waals surface area contributed by atoms with E-state index in [0.717, 1.165) is 30.7 Å². The smallest absolute Gasteiger partial charge is 0.152 e. The highest BCUT2D eigenvalue weighted by molar-refractivity contribution is 5.91. The predicted molar refractivity (Wildman–Crippen MR) is 107 cm³/mol. The maximum Gasteiger partial charge on any atom is 0.152 e. The third kappa shape index (κ3) is 4.95. The lowest BCUT2D eigenvalue weighted by Gasteiger charge is -2.28. The first kappa shape index (κ1) is 18.7. The molecule has 1 aliphatic carbocycles. The summed E-state index contributed by atoms with van der Waals surface area (Å²) in [6.07, 6.45) is 13.9. The highest BCUT2D eigenvalue weighted by Crippen LogP contribution is 2.27. The number of benzene rings is 1. The number of rotatable bonds is 8. The van der Waals surface area contributed by atoms with Crippen LogP contribution in [0.2, 0.25) is 0 Å². The van der Waals surface area contributed by atoms with E-state index in [4.69, 9.17) is 4.74 Å². The van der Waals surface area contributed by atoms with Gasteiger partial charge in [0.15, 0.2) is 5.78 Å². The van der Waals surface area contributed by atoms with Crippen molar-refractivity contribution in [2.45, 2.75) is 39.0 Å². The molecular formula is C23H29NO2. The van der Waals surface area contributed by atoms with Crippen LogP contribution in [0.5, 0.6) is 5.75 Å². The van der Waals surface area contributed by atoms with Gasteiger partial charge < -0.3 is 4.74 Å². The number of ether oxygens (including phenoxy) is 1. The quantitative estimate of drug-likeness (QED) is 0.507. The molecule has 138 valence electrons. The Labute approximate surface area is 157 Å². The van der Waals surface area contributed by atoms with E-state index in [2.05, 4.69) is 29.2 Å². The number of hydrogen-bond donors (Lipinski definition) is 0. The number of allylic oxidation sites excluding steroid dienone is 2. The molecule has 0 saturated heterocycles. The van der Waals surface area contributed by atoms with Gasteiger partial charge in [0.1, 0.15) is 5.75 Å². The molecule has 0 saturated carbocycles. The average molecular weight is 351 g/mol. The zero-order chi connectivity index (χ0) is 18.4. The van der Waals surface area contributed by atoms with Crippen LogP contribution in [0, 0.1) is 0 Å². The number of ketones is 1. The molecule has 26 heavy (non-hydrogen) atoms. The minimum atomic E-state index is 0.0572. The number of methoxy groups -OCH3 is 1. The lowest BCUT2D eigenvalue weighted by Crippen LogP contribution is -2.31. The van der Waals surface area contributed by atoms with Crippen LogP contribution >= 0.6 is 0 Å². The number of aryl methyl sites for hydroxylation is 1. The molecule has 0 unspecified atom stereocenters. The van der Waals surface area contributed by atoms with E-state index < -0.39 is 0 Å². The van der Waals surface area contributed by atoms with Crippen molar-refractivity contribution in [3.05, 3.63) is 58.7 Å². The number of unbranched alkanes of at least 4 members (excludes halogenated alkanes) is 1. The maximum absolute atomic E-state index is 11.1. The molecule has 0 radical (unpaired) electrons. The number of carbonyl (C=O) groups is 1. The maximum atomic E-state index is 11.1. The second-order valence-corrected chi connectivity index (χ2v) is 7.23. The molecule has 0 bridgehead atoms. The summed E-state index contributed by atoms with van der Waals surface area (Å²) in [5.41, 5.74) is 5.47. The van der Waals surface area contributed by atoms with Crippen LogP contribution in [0.15, 0.2) is 47.6 Å². The molecule has 0 aromatic heterocycles. The Bertz CT molecular complexity index is 743. The van der Waals surface area contributed by atoms with E-state index in [-0.39, 0.29) is 5.78 Å². The van der Waals surface area contributed by atoms with Crippen molar-refractivity contribution in [3.8, 4) is 5.75 Å². The zero-order valence-electron chi connectivity index (χ0n) is 16.0. The molecule has 3 nitrogen and oxygen atoms in total. The second kappa shape index (κ2) is 9.00. The van der Waals surface area contributed by atoms with Gasteiger partial charge in [-0.2, -0.15) is 0 Å². The number of hydrogen-bond acceptors (Lipinski definition) is 3. The average Bonchev–Trinajstić information content (AvgIpc) is 3.11. The van der Waals surface area contributed by atoms with Crippen molar-refractivity contribution in [1.82, 2.24) is 4.90 Å². The Morgan fingerprint density at radius 1 is 1.31 bits per heavy atom. The van der Waals surface area contributed by atoms with Gasteiger partial charge in [-0.25, -0.2) is 0 Å². The van der Waals surface area contributed by atoms with Gasteiger partial charge in [0.25, 0.3) is 0 Å². The van der Waals surface area contributed by atoms with Crippen molar-refractivity contribution in [2.75, 3.05) is 26.7 Å². The molecule has 1 aromatic carbocycles. The Balaban J connectivity index is 1.47. The van der Waals surface area contributed by atoms with E-state index >= 15 is 0 Å². The van der Waals surface area contributed by atoms with E-state index in [9.17, 15) is 4.79 Å². The van der Waals surface area contributed by atoms with Gasteiger partial charge in [0.2, 0.25) is 0 Å². The molecule has 0 spiro atoms. The molecule has 2 aliphatic rings. The monoisotopic (exact) mass is 351 g/mol. The Morgan fingerprint density at radius 3 is 3.00 bits per heavy atom. The summed E-state index contributed by atoms with van der Waals surface area (Å²) in [6.45, 7) is 5.07. The van der Waals surface area contributed by atoms with E-state index in [1.807, 2.05) is 12.1 Å². The standard InChI is InChI=1S/C23H29NO2/c1-18(25)9-10-19-11-12-21(23(16-19)26-2)6-3-4-14-24-15-13-20-7-5-8-22(20)17-24/h5,8-12,16H,3-4,6-7,13-15,17H2,1-2H3/b10-9+. The molecule has 0 amide bonds. The lowest BCUT2D eigenvalue weighted by molar-refractivity contribution is -0.112. The van der Waals surface area contributed by atoms with Crippen molar-refractivity contribution >= 4 is 11.9 Å². The van der Waals surface area contributed by atoms with Crippen molar-refractivity contribution in [1.29, 1.82) is 0 Å². The summed E-state index contributed by atoms with van der Waals surface area (Å²) in [7, 11) is 1.71. The summed E-state index contributed by atoms with van der Waals surface area (Å²) in [5, 5.41) is 0. The minimum absolute atomic E-state index is 0.0572. The van der Waals surface area contributed by atoms with E-state index in [0.29, 0.717) is 0 Å². The van der Waals surface area contributed by atoms with E-state index in [1.54, 1.807) is 31.3 Å². The topological polar surface area (TPSA) is 29.5 Å². The fourth-order valence-electron chi connectivity index (χ4n) is 3.76. The summed E-state index contributed by atoms with van der Waals surface area (Å²) in [5.74, 6) is 0.973. The van der Waals surface area contributed by atoms with Crippen LogP contribution in [0.3, 0.4) is 0 Å². The molecule has 1 aromatic rings. The molecule has 0 N–H and O–H groups in total. The summed E-state index contributed by atoms with van der Waals surface area (Å²) in [4.78, 5) is 13.7. The third-order valence-electron chi connectivity index (χ3n) is 5.25. The molecule has 1 heterocycles. The van der Waals surface area contributed by atoms with Crippen LogP contribution in [0.4, 0.5) is 0 Å². The Hall–Kier alpha value is -2.13. The van der Waals surface area contributed by atoms with Crippen LogP contribution in [-0.2, 0) is 11.2 Å². The zero-order valence-corrected chi connectivity index (χ0v) is 16.0. The van der Waals surface area contributed by atoms with E-state index in [1.165, 1.54) is 37.9 Å². The van der Waals surface area contributed by atoms with Crippen LogP contribution in [0.1, 0.15) is 43.7 Å². The lowest BCUT2D eigenvalue weighted by atomic mass is 10.0. The summed E-state index contributed by atoms with van der Waals surface area (Å²) >= 11 is 0. The minimum Gasteiger partial charge on any atom is -0.496 e. The highest BCUT2D eigenvalue weighted by atomic mass is 16.5. The van der Waals surface area contributed by atoms with Crippen LogP contribution < -0.4 is 4.74 Å². The normalized spacial score (nSPS) is 17.2. The number of carbonyl (C=O) groups excluding carboxylic acids is 1. The van der Waals surface area contributed by atoms with Crippen molar-refractivity contribution < 1.29 is 9.53 Å². The van der Waals surface area contributed by atoms with Crippen molar-refractivity contribution in [2.24, 2.45) is 0 Å². The Kier molecular flexibility index (Phi) is 6.45. The van der Waals surface area contributed by atoms with Gasteiger partial charge >= 0.3 is 0 Å². The summed E-state index contributed by atoms with van der Waals surface area (Å²) < 4.78 is 5.54. The second-order valence-electron chi connectivity index (χ2n) is 7.23. The molecule has 3 rings (SSSR count). The first-order valence-corrected chi connectivity index (χ1v) is 9.61. The SMILES string of the molecule is COc1cc(/C=C/C(C)=O)ccc1CCCCN1CCC2=C(C=CC2)C1. The van der Waals surface area contributed by atoms with Gasteiger partial charge in [-0.05, 0) is 74.4 Å². The van der Waals surface area contributed by atoms with Crippen molar-refractivity contribution in [3.63, 3.8) is 0 Å². The first-order valence-electron chi connectivity index (χ1n) is 9.61. The van der Waals surface area contributed by atoms with Gasteiger partial charge in [-0.15, -0.1) is 0 Å². The van der Waals surface area contributed by atoms with Gasteiger partial charge in [-0.1, -0.05) is 35.9 Å². The van der Waals surface area contributed by atoms with Crippen LogP contribution in [-0.4, -0.2) is 37.4 Å². The van der Waals surface area contributed by atoms with Gasteiger partial charge in [-0.3, -0.25) is 9.69 Å². The fraction of sp³-hybridized carbons (Fsp3) is 0.435. The Morgan fingerprint density at radius 2 is 2.19 bits per heavy atom. The molecule has 0 fully saturated rings. The van der Waals surface area contributed by atoms with Crippen LogP contribution in [0.25, 0.3) is 6.08 Å². The first-order chi connectivity index (χ1) is 12.7. The predicted octanol–water partition coefficient (Wildman–Crippen LogP) is 4.58. The fourth-order valence-corrected chi connectivity index (χ4v) is 3.76. The summed E-state index contributed by atoms with van der Waals surface area (Å²) in [6, 6.07) is 6.20. The largest absolute Gasteiger partial charge is 0.496 e. The van der Waals surface area contributed by atoms with Gasteiger partial charge in [0, 0.05) is 13.1 Å². The highest BCUT2D eigenvalue weighted by Gasteiger charge is 2.18. The number of nitrogens with zero attached hydrogens (tertiary/aromatic N) is 1. The molecule has 0 atom stereocenters. The molecule has 1 aliphatic heterocycles. The third-order valence-corrected chi connectivity index (χ3v) is 5.25.